The molecule has 2 N–H and O–H groups in total. The third-order valence-corrected chi connectivity index (χ3v) is 8.14. The van der Waals surface area contributed by atoms with Crippen molar-refractivity contribution in [2.75, 3.05) is 17.5 Å². The number of nitrogens with zero attached hydrogens (tertiary/aromatic N) is 2. The number of anilines is 1. The lowest BCUT2D eigenvalue weighted by Gasteiger charge is -2.23. The summed E-state index contributed by atoms with van der Waals surface area (Å²) < 4.78 is 46.4. The number of hydrogen-bond acceptors (Lipinski definition) is 6. The highest BCUT2D eigenvalue weighted by Crippen LogP contribution is 2.24. The molecular formula is C29H31FN4O5S. The molecule has 0 saturated heterocycles. The quantitative estimate of drug-likeness (QED) is 0.269. The molecule has 4 rings (SSSR count). The van der Waals surface area contributed by atoms with Crippen molar-refractivity contribution >= 4 is 33.7 Å². The zero-order valence-corrected chi connectivity index (χ0v) is 22.6. The first-order valence-corrected chi connectivity index (χ1v) is 14.4. The third-order valence-electron chi connectivity index (χ3n) is 6.36. The predicted octanol–water partition coefficient (Wildman–Crippen LogP) is 4.00. The van der Waals surface area contributed by atoms with Crippen LogP contribution < -0.4 is 19.8 Å². The molecule has 1 aliphatic carbocycles. The van der Waals surface area contributed by atoms with Gasteiger partial charge in [0.15, 0.2) is 6.61 Å². The second kappa shape index (κ2) is 13.7. The van der Waals surface area contributed by atoms with Crippen LogP contribution in [-0.4, -0.2) is 45.6 Å². The van der Waals surface area contributed by atoms with E-state index in [4.69, 9.17) is 4.74 Å². The number of carbonyl (C=O) groups is 2. The Morgan fingerprint density at radius 1 is 0.925 bits per heavy atom. The molecule has 3 aromatic carbocycles. The number of ether oxygens (including phenoxy) is 1. The van der Waals surface area contributed by atoms with Gasteiger partial charge in [-0.2, -0.15) is 5.10 Å². The normalized spacial score (nSPS) is 14.0. The van der Waals surface area contributed by atoms with Crippen LogP contribution >= 0.6 is 0 Å². The molecule has 1 saturated carbocycles. The average Bonchev–Trinajstić information content (AvgIpc) is 2.97. The zero-order valence-electron chi connectivity index (χ0n) is 21.8. The van der Waals surface area contributed by atoms with E-state index in [9.17, 15) is 22.4 Å². The molecule has 1 fully saturated rings. The number of benzene rings is 3. The van der Waals surface area contributed by atoms with Crippen molar-refractivity contribution < 1.29 is 27.1 Å². The molecule has 0 spiro atoms. The number of halogens is 1. The summed E-state index contributed by atoms with van der Waals surface area (Å²) in [4.78, 5) is 24.8. The summed E-state index contributed by atoms with van der Waals surface area (Å²) in [5, 5.41) is 6.92. The van der Waals surface area contributed by atoms with Crippen LogP contribution in [0.2, 0.25) is 0 Å². The number of rotatable bonds is 11. The van der Waals surface area contributed by atoms with E-state index in [0.717, 1.165) is 42.1 Å². The maximum Gasteiger partial charge on any atom is 0.264 e. The van der Waals surface area contributed by atoms with Gasteiger partial charge in [-0.1, -0.05) is 37.5 Å². The molecule has 0 unspecified atom stereocenters. The lowest BCUT2D eigenvalue weighted by atomic mass is 9.95. The summed E-state index contributed by atoms with van der Waals surface area (Å²) in [6.45, 7) is -0.646. The summed E-state index contributed by atoms with van der Waals surface area (Å²) in [7, 11) is -4.11. The lowest BCUT2D eigenvalue weighted by Crippen LogP contribution is -2.39. The van der Waals surface area contributed by atoms with Crippen LogP contribution in [-0.2, 0) is 19.6 Å². The molecule has 210 valence electrons. The Hall–Kier alpha value is -4.25. The van der Waals surface area contributed by atoms with Crippen molar-refractivity contribution in [2.45, 2.75) is 43.0 Å². The largest absolute Gasteiger partial charge is 0.484 e. The van der Waals surface area contributed by atoms with Gasteiger partial charge in [-0.3, -0.25) is 13.9 Å². The van der Waals surface area contributed by atoms with Gasteiger partial charge in [-0.15, -0.1) is 0 Å². The number of hydrazone groups is 1. The van der Waals surface area contributed by atoms with Gasteiger partial charge in [-0.25, -0.2) is 18.2 Å². The summed E-state index contributed by atoms with van der Waals surface area (Å²) in [5.41, 5.74) is 3.10. The van der Waals surface area contributed by atoms with E-state index in [1.807, 2.05) is 0 Å². The fourth-order valence-corrected chi connectivity index (χ4v) is 5.74. The van der Waals surface area contributed by atoms with Crippen LogP contribution in [0.1, 0.15) is 37.7 Å². The molecule has 11 heteroatoms. The van der Waals surface area contributed by atoms with Gasteiger partial charge in [0.1, 0.15) is 18.1 Å². The van der Waals surface area contributed by atoms with Crippen molar-refractivity contribution in [3.8, 4) is 5.75 Å². The molecule has 40 heavy (non-hydrogen) atoms. The van der Waals surface area contributed by atoms with E-state index < -0.39 is 28.3 Å². The molecular weight excluding hydrogens is 535 g/mol. The van der Waals surface area contributed by atoms with Crippen LogP contribution in [0.5, 0.6) is 5.75 Å². The first-order chi connectivity index (χ1) is 19.3. The topological polar surface area (TPSA) is 117 Å². The van der Waals surface area contributed by atoms with E-state index >= 15 is 0 Å². The molecule has 0 heterocycles. The van der Waals surface area contributed by atoms with Crippen LogP contribution in [0.15, 0.2) is 88.9 Å². The SMILES string of the molecule is O=C(CN(c1ccc(F)cc1)S(=O)(=O)c1ccccc1)N/N=C\c1ccc(OCC(=O)NC2CCCCC2)cc1. The van der Waals surface area contributed by atoms with Crippen molar-refractivity contribution in [2.24, 2.45) is 5.10 Å². The highest BCUT2D eigenvalue weighted by molar-refractivity contribution is 7.92. The summed E-state index contributed by atoms with van der Waals surface area (Å²) in [6.07, 6.45) is 6.88. The molecule has 0 radical (unpaired) electrons. The Morgan fingerprint density at radius 2 is 1.60 bits per heavy atom. The Bertz CT molecular complexity index is 1410. The van der Waals surface area contributed by atoms with Gasteiger partial charge in [0.2, 0.25) is 0 Å². The molecule has 0 atom stereocenters. The monoisotopic (exact) mass is 566 g/mol. The second-order valence-electron chi connectivity index (χ2n) is 9.35. The number of hydrogen-bond donors (Lipinski definition) is 2. The minimum atomic E-state index is -4.11. The van der Waals surface area contributed by atoms with Crippen LogP contribution in [0.25, 0.3) is 0 Å². The summed E-state index contributed by atoms with van der Waals surface area (Å²) >= 11 is 0. The molecule has 2 amide bonds. The Labute approximate surface area is 233 Å². The third kappa shape index (κ3) is 8.12. The Morgan fingerprint density at radius 3 is 2.27 bits per heavy atom. The van der Waals surface area contributed by atoms with E-state index in [2.05, 4.69) is 15.8 Å². The molecule has 0 bridgehead atoms. The Balaban J connectivity index is 1.32. The molecule has 3 aromatic rings. The van der Waals surface area contributed by atoms with E-state index in [1.165, 1.54) is 36.9 Å². The van der Waals surface area contributed by atoms with Gasteiger partial charge in [0.25, 0.3) is 21.8 Å². The molecule has 1 aliphatic rings. The highest BCUT2D eigenvalue weighted by Gasteiger charge is 2.27. The minimum Gasteiger partial charge on any atom is -0.484 e. The van der Waals surface area contributed by atoms with Crippen molar-refractivity contribution in [3.05, 3.63) is 90.2 Å². The van der Waals surface area contributed by atoms with Crippen LogP contribution in [0, 0.1) is 5.82 Å². The number of carbonyl (C=O) groups excluding carboxylic acids is 2. The number of sulfonamides is 1. The highest BCUT2D eigenvalue weighted by atomic mass is 32.2. The fourth-order valence-electron chi connectivity index (χ4n) is 4.30. The minimum absolute atomic E-state index is 0.00981. The lowest BCUT2D eigenvalue weighted by molar-refractivity contribution is -0.124. The molecule has 0 aromatic heterocycles. The second-order valence-corrected chi connectivity index (χ2v) is 11.2. The van der Waals surface area contributed by atoms with E-state index in [0.29, 0.717) is 11.3 Å². The number of nitrogens with one attached hydrogen (secondary N) is 2. The Kier molecular flexibility index (Phi) is 9.85. The average molecular weight is 567 g/mol. The van der Waals surface area contributed by atoms with Crippen LogP contribution in [0.3, 0.4) is 0 Å². The zero-order chi connectivity index (χ0) is 28.4. The van der Waals surface area contributed by atoms with Crippen molar-refractivity contribution in [3.63, 3.8) is 0 Å². The smallest absolute Gasteiger partial charge is 0.264 e. The van der Waals surface area contributed by atoms with Gasteiger partial charge in [0.05, 0.1) is 16.8 Å². The van der Waals surface area contributed by atoms with E-state index in [-0.39, 0.29) is 29.1 Å². The van der Waals surface area contributed by atoms with Crippen LogP contribution in [0.4, 0.5) is 10.1 Å². The van der Waals surface area contributed by atoms with Crippen molar-refractivity contribution in [1.82, 2.24) is 10.7 Å². The maximum absolute atomic E-state index is 13.5. The van der Waals surface area contributed by atoms with Gasteiger partial charge >= 0.3 is 0 Å². The molecule has 9 nitrogen and oxygen atoms in total. The van der Waals surface area contributed by atoms with E-state index in [1.54, 1.807) is 42.5 Å². The fraction of sp³-hybridized carbons (Fsp3) is 0.276. The molecule has 0 aliphatic heterocycles. The summed E-state index contributed by atoms with van der Waals surface area (Å²) in [6, 6.07) is 19.5. The first-order valence-electron chi connectivity index (χ1n) is 13.0. The predicted molar refractivity (Wildman–Crippen MR) is 150 cm³/mol. The standard InChI is InChI=1S/C29H31FN4O5S/c30-23-13-15-25(16-14-23)34(40(37,38)27-9-5-2-6-10-27)20-28(35)33-31-19-22-11-17-26(18-12-22)39-21-29(36)32-24-7-3-1-4-8-24/h2,5-6,9-19,24H,1,3-4,7-8,20-21H2,(H,32,36)(H,33,35)/b31-19-. The van der Waals surface area contributed by atoms with Gasteiger partial charge < -0.3 is 10.1 Å². The van der Waals surface area contributed by atoms with Gasteiger partial charge in [0, 0.05) is 6.04 Å². The summed E-state index contributed by atoms with van der Waals surface area (Å²) in [5.74, 6) is -0.858. The number of amides is 2. The van der Waals surface area contributed by atoms with Gasteiger partial charge in [-0.05, 0) is 79.1 Å². The van der Waals surface area contributed by atoms with Crippen molar-refractivity contribution in [1.29, 1.82) is 0 Å². The maximum atomic E-state index is 13.5. The first kappa shape index (κ1) is 28.8.